The Hall–Kier alpha value is -1.40. The van der Waals surface area contributed by atoms with E-state index in [-0.39, 0.29) is 5.56 Å². The molecular formula is C14H11BrF3NO. The van der Waals surface area contributed by atoms with Gasteiger partial charge in [0.25, 0.3) is 0 Å². The van der Waals surface area contributed by atoms with Crippen molar-refractivity contribution in [3.63, 3.8) is 0 Å². The number of pyridine rings is 1. The van der Waals surface area contributed by atoms with Gasteiger partial charge >= 0.3 is 6.18 Å². The average molecular weight is 346 g/mol. The van der Waals surface area contributed by atoms with E-state index in [0.29, 0.717) is 11.1 Å². The highest BCUT2D eigenvalue weighted by Gasteiger charge is 2.35. The maximum absolute atomic E-state index is 13.0. The molecule has 1 heterocycles. The zero-order chi connectivity index (χ0) is 14.9. The quantitative estimate of drug-likeness (QED) is 0.882. The van der Waals surface area contributed by atoms with Crippen LogP contribution in [0.4, 0.5) is 13.2 Å². The van der Waals surface area contributed by atoms with Crippen molar-refractivity contribution in [3.8, 4) is 0 Å². The van der Waals surface area contributed by atoms with Crippen molar-refractivity contribution in [2.45, 2.75) is 19.2 Å². The summed E-state index contributed by atoms with van der Waals surface area (Å²) in [5, 5.41) is 10.3. The maximum atomic E-state index is 13.0. The molecule has 2 rings (SSSR count). The van der Waals surface area contributed by atoms with Gasteiger partial charge in [-0.15, -0.1) is 0 Å². The second-order valence-corrected chi connectivity index (χ2v) is 5.17. The molecule has 0 bridgehead atoms. The third kappa shape index (κ3) is 2.86. The first-order valence-corrected chi connectivity index (χ1v) is 6.56. The first-order chi connectivity index (χ1) is 9.32. The van der Waals surface area contributed by atoms with E-state index in [9.17, 15) is 18.3 Å². The van der Waals surface area contributed by atoms with Gasteiger partial charge in [0.15, 0.2) is 0 Å². The molecule has 1 unspecified atom stereocenters. The summed E-state index contributed by atoms with van der Waals surface area (Å²) >= 11 is 3.30. The summed E-state index contributed by atoms with van der Waals surface area (Å²) in [6, 6.07) is 5.89. The summed E-state index contributed by atoms with van der Waals surface area (Å²) in [6.07, 6.45) is -3.79. The molecule has 0 spiro atoms. The fraction of sp³-hybridized carbons (Fsp3) is 0.214. The van der Waals surface area contributed by atoms with E-state index in [4.69, 9.17) is 0 Å². The molecule has 0 radical (unpaired) electrons. The zero-order valence-electron chi connectivity index (χ0n) is 10.4. The number of alkyl halides is 3. The average Bonchev–Trinajstić information content (AvgIpc) is 2.40. The highest BCUT2D eigenvalue weighted by molar-refractivity contribution is 9.10. The minimum atomic E-state index is -4.53. The van der Waals surface area contributed by atoms with Gasteiger partial charge in [-0.2, -0.15) is 13.2 Å². The highest BCUT2D eigenvalue weighted by atomic mass is 79.9. The first kappa shape index (κ1) is 15.0. The van der Waals surface area contributed by atoms with Crippen LogP contribution in [0.5, 0.6) is 0 Å². The van der Waals surface area contributed by atoms with Gasteiger partial charge in [0, 0.05) is 22.4 Å². The monoisotopic (exact) mass is 345 g/mol. The molecule has 2 aromatic rings. The molecule has 1 aromatic carbocycles. The van der Waals surface area contributed by atoms with E-state index in [0.717, 1.165) is 22.9 Å². The van der Waals surface area contributed by atoms with Crippen molar-refractivity contribution in [3.05, 3.63) is 63.4 Å². The van der Waals surface area contributed by atoms with Crippen LogP contribution in [-0.2, 0) is 6.18 Å². The molecule has 0 fully saturated rings. The molecule has 106 valence electrons. The Morgan fingerprint density at radius 1 is 1.20 bits per heavy atom. The standard InChI is InChI=1S/C14H11BrF3NO/c1-8-9(3-2-4-12(8)15)13(20)10-7-19-6-5-11(10)14(16,17)18/h2-7,13,20H,1H3. The molecule has 2 nitrogen and oxygen atoms in total. The van der Waals surface area contributed by atoms with Gasteiger partial charge in [-0.05, 0) is 30.2 Å². The molecule has 0 aliphatic heterocycles. The maximum Gasteiger partial charge on any atom is 0.416 e. The lowest BCUT2D eigenvalue weighted by molar-refractivity contribution is -0.139. The van der Waals surface area contributed by atoms with E-state index in [2.05, 4.69) is 20.9 Å². The molecule has 0 saturated heterocycles. The van der Waals surface area contributed by atoms with Crippen molar-refractivity contribution in [2.24, 2.45) is 0 Å². The van der Waals surface area contributed by atoms with E-state index < -0.39 is 17.8 Å². The smallest absolute Gasteiger partial charge is 0.384 e. The van der Waals surface area contributed by atoms with Gasteiger partial charge in [-0.3, -0.25) is 4.98 Å². The fourth-order valence-corrected chi connectivity index (χ4v) is 2.35. The number of aliphatic hydroxyl groups is 1. The molecule has 1 N–H and O–H groups in total. The number of nitrogens with zero attached hydrogens (tertiary/aromatic N) is 1. The molecule has 0 aliphatic carbocycles. The third-order valence-corrected chi connectivity index (χ3v) is 3.92. The highest BCUT2D eigenvalue weighted by Crippen LogP contribution is 2.37. The summed E-state index contributed by atoms with van der Waals surface area (Å²) in [4.78, 5) is 3.69. The van der Waals surface area contributed by atoms with Gasteiger partial charge in [-0.25, -0.2) is 0 Å². The number of benzene rings is 1. The van der Waals surface area contributed by atoms with Crippen LogP contribution in [0.1, 0.15) is 28.4 Å². The summed E-state index contributed by atoms with van der Waals surface area (Å²) < 4.78 is 39.6. The van der Waals surface area contributed by atoms with Crippen molar-refractivity contribution >= 4 is 15.9 Å². The Balaban J connectivity index is 2.55. The molecule has 0 saturated carbocycles. The Labute approximate surface area is 122 Å². The Morgan fingerprint density at radius 3 is 2.55 bits per heavy atom. The Bertz CT molecular complexity index is 628. The predicted octanol–water partition coefficient (Wildman–Crippen LogP) is 4.25. The lowest BCUT2D eigenvalue weighted by Gasteiger charge is -2.19. The molecule has 20 heavy (non-hydrogen) atoms. The van der Waals surface area contributed by atoms with E-state index >= 15 is 0 Å². The second kappa shape index (κ2) is 5.54. The molecule has 1 aromatic heterocycles. The van der Waals surface area contributed by atoms with E-state index in [1.807, 2.05) is 0 Å². The summed E-state index contributed by atoms with van der Waals surface area (Å²) in [7, 11) is 0. The topological polar surface area (TPSA) is 33.1 Å². The molecule has 6 heteroatoms. The second-order valence-electron chi connectivity index (χ2n) is 4.32. The van der Waals surface area contributed by atoms with Gasteiger partial charge < -0.3 is 5.11 Å². The summed E-state index contributed by atoms with van der Waals surface area (Å²) in [6.45, 7) is 1.73. The number of aromatic nitrogens is 1. The number of aliphatic hydroxyl groups excluding tert-OH is 1. The predicted molar refractivity (Wildman–Crippen MR) is 72.2 cm³/mol. The van der Waals surface area contributed by atoms with Crippen LogP contribution in [0, 0.1) is 6.92 Å². The lowest BCUT2D eigenvalue weighted by atomic mass is 9.95. The number of halogens is 4. The fourth-order valence-electron chi connectivity index (χ4n) is 1.97. The van der Waals surface area contributed by atoms with Crippen molar-refractivity contribution in [1.29, 1.82) is 0 Å². The largest absolute Gasteiger partial charge is 0.416 e. The normalized spacial score (nSPS) is 13.3. The van der Waals surface area contributed by atoms with Crippen LogP contribution in [0.2, 0.25) is 0 Å². The van der Waals surface area contributed by atoms with Crippen LogP contribution in [0.3, 0.4) is 0 Å². The van der Waals surface area contributed by atoms with E-state index in [1.54, 1.807) is 25.1 Å². The SMILES string of the molecule is Cc1c(Br)cccc1C(O)c1cnccc1C(F)(F)F. The molecular weight excluding hydrogens is 335 g/mol. The third-order valence-electron chi connectivity index (χ3n) is 3.06. The minimum Gasteiger partial charge on any atom is -0.384 e. The Kier molecular flexibility index (Phi) is 4.15. The van der Waals surface area contributed by atoms with Crippen molar-refractivity contribution < 1.29 is 18.3 Å². The van der Waals surface area contributed by atoms with Gasteiger partial charge in [0.05, 0.1) is 5.56 Å². The summed E-state index contributed by atoms with van der Waals surface area (Å²) in [5.74, 6) is 0. The van der Waals surface area contributed by atoms with Gasteiger partial charge in [0.1, 0.15) is 6.10 Å². The van der Waals surface area contributed by atoms with Gasteiger partial charge in [-0.1, -0.05) is 28.1 Å². The minimum absolute atomic E-state index is 0.249. The molecule has 0 aliphatic rings. The van der Waals surface area contributed by atoms with Crippen LogP contribution in [0.25, 0.3) is 0 Å². The van der Waals surface area contributed by atoms with Crippen LogP contribution in [0.15, 0.2) is 41.1 Å². The zero-order valence-corrected chi connectivity index (χ0v) is 12.0. The number of hydrogen-bond acceptors (Lipinski definition) is 2. The van der Waals surface area contributed by atoms with Crippen LogP contribution < -0.4 is 0 Å². The summed E-state index contributed by atoms with van der Waals surface area (Å²) in [5.41, 5.74) is -0.0181. The number of rotatable bonds is 2. The van der Waals surface area contributed by atoms with E-state index in [1.165, 1.54) is 0 Å². The van der Waals surface area contributed by atoms with Crippen LogP contribution >= 0.6 is 15.9 Å². The van der Waals surface area contributed by atoms with Crippen LogP contribution in [-0.4, -0.2) is 10.1 Å². The van der Waals surface area contributed by atoms with Gasteiger partial charge in [0.2, 0.25) is 0 Å². The van der Waals surface area contributed by atoms with Crippen molar-refractivity contribution in [1.82, 2.24) is 4.98 Å². The number of hydrogen-bond donors (Lipinski definition) is 1. The Morgan fingerprint density at radius 2 is 1.90 bits per heavy atom. The first-order valence-electron chi connectivity index (χ1n) is 5.76. The molecule has 0 amide bonds. The van der Waals surface area contributed by atoms with Crippen molar-refractivity contribution in [2.75, 3.05) is 0 Å². The molecule has 1 atom stereocenters. The lowest BCUT2D eigenvalue weighted by Crippen LogP contribution is -2.13.